The van der Waals surface area contributed by atoms with Crippen molar-refractivity contribution in [2.75, 3.05) is 18.6 Å². The number of hydrogen-bond acceptors (Lipinski definition) is 6. The largest absolute Gasteiger partial charge is 0.381 e. The maximum Gasteiger partial charge on any atom is 0.272 e. The van der Waals surface area contributed by atoms with Gasteiger partial charge in [-0.1, -0.05) is 13.8 Å². The van der Waals surface area contributed by atoms with Gasteiger partial charge in [-0.15, -0.1) is 0 Å². The summed E-state index contributed by atoms with van der Waals surface area (Å²) in [5.41, 5.74) is 3.18. The molecular formula is C14H23N5O2. The highest BCUT2D eigenvalue weighted by atomic mass is 16.5. The molecule has 0 spiro atoms. The van der Waals surface area contributed by atoms with Gasteiger partial charge in [-0.25, -0.2) is 9.97 Å². The Hall–Kier alpha value is -1.73. The molecule has 21 heavy (non-hydrogen) atoms. The van der Waals surface area contributed by atoms with Crippen molar-refractivity contribution < 1.29 is 9.53 Å². The van der Waals surface area contributed by atoms with Crippen molar-refractivity contribution in [1.82, 2.24) is 15.3 Å². The normalized spacial score (nSPS) is 19.6. The Kier molecular flexibility index (Phi) is 5.08. The van der Waals surface area contributed by atoms with E-state index in [1.165, 1.54) is 0 Å². The summed E-state index contributed by atoms with van der Waals surface area (Å²) >= 11 is 0. The molecule has 2 heterocycles. The zero-order valence-corrected chi connectivity index (χ0v) is 12.7. The van der Waals surface area contributed by atoms with Gasteiger partial charge < -0.3 is 15.5 Å². The molecule has 1 aromatic heterocycles. The van der Waals surface area contributed by atoms with Crippen molar-refractivity contribution in [1.29, 1.82) is 0 Å². The number of nitrogens with two attached hydrogens (primary N) is 1. The molecule has 0 bridgehead atoms. The van der Waals surface area contributed by atoms with Crippen molar-refractivity contribution >= 4 is 11.6 Å². The standard InChI is InChI=1S/C14H23N5O2/c1-8(2)13-16-6-11(19-15)12(18-13)14(20)17-9(3)10-4-5-21-7-10/h6,8-10,19H,4-5,7,15H2,1-3H3,(H,17,20). The van der Waals surface area contributed by atoms with Crippen LogP contribution in [-0.4, -0.2) is 35.1 Å². The van der Waals surface area contributed by atoms with Crippen LogP contribution in [-0.2, 0) is 4.74 Å². The molecule has 2 unspecified atom stereocenters. The van der Waals surface area contributed by atoms with Crippen LogP contribution >= 0.6 is 0 Å². The highest BCUT2D eigenvalue weighted by molar-refractivity contribution is 5.97. The number of ether oxygens (including phenoxy) is 1. The molecule has 1 amide bonds. The fourth-order valence-corrected chi connectivity index (χ4v) is 2.29. The second-order valence-corrected chi connectivity index (χ2v) is 5.68. The number of nitrogen functional groups attached to an aromatic ring is 1. The number of aromatic nitrogens is 2. The van der Waals surface area contributed by atoms with Crippen LogP contribution in [0.5, 0.6) is 0 Å². The molecule has 1 fully saturated rings. The van der Waals surface area contributed by atoms with Crippen LogP contribution in [0.1, 0.15) is 49.4 Å². The van der Waals surface area contributed by atoms with E-state index < -0.39 is 0 Å². The third kappa shape index (κ3) is 3.68. The van der Waals surface area contributed by atoms with Crippen LogP contribution in [0.4, 0.5) is 5.69 Å². The Morgan fingerprint density at radius 3 is 2.81 bits per heavy atom. The molecule has 0 saturated carbocycles. The lowest BCUT2D eigenvalue weighted by Crippen LogP contribution is -2.39. The number of carbonyl (C=O) groups excluding carboxylic acids is 1. The number of carbonyl (C=O) groups is 1. The van der Waals surface area contributed by atoms with Gasteiger partial charge in [0.2, 0.25) is 0 Å². The highest BCUT2D eigenvalue weighted by Gasteiger charge is 2.25. The summed E-state index contributed by atoms with van der Waals surface area (Å²) in [4.78, 5) is 20.9. The highest BCUT2D eigenvalue weighted by Crippen LogP contribution is 2.19. The van der Waals surface area contributed by atoms with Crippen LogP contribution < -0.4 is 16.6 Å². The number of nitrogens with one attached hydrogen (secondary N) is 2. The Labute approximate surface area is 124 Å². The van der Waals surface area contributed by atoms with Crippen molar-refractivity contribution in [3.05, 3.63) is 17.7 Å². The van der Waals surface area contributed by atoms with Crippen LogP contribution in [0.25, 0.3) is 0 Å². The van der Waals surface area contributed by atoms with E-state index in [0.29, 0.717) is 24.0 Å². The minimum Gasteiger partial charge on any atom is -0.381 e. The second-order valence-electron chi connectivity index (χ2n) is 5.68. The summed E-state index contributed by atoms with van der Waals surface area (Å²) in [6, 6.07) is 0.0306. The first-order valence-corrected chi connectivity index (χ1v) is 7.25. The van der Waals surface area contributed by atoms with Crippen LogP contribution in [0.3, 0.4) is 0 Å². The lowest BCUT2D eigenvalue weighted by Gasteiger charge is -2.20. The average molecular weight is 293 g/mol. The Morgan fingerprint density at radius 1 is 1.48 bits per heavy atom. The van der Waals surface area contributed by atoms with E-state index >= 15 is 0 Å². The predicted molar refractivity (Wildman–Crippen MR) is 79.8 cm³/mol. The first-order valence-electron chi connectivity index (χ1n) is 7.25. The minimum atomic E-state index is -0.244. The topological polar surface area (TPSA) is 102 Å². The zero-order valence-electron chi connectivity index (χ0n) is 12.7. The number of rotatable bonds is 5. The minimum absolute atomic E-state index is 0.0306. The summed E-state index contributed by atoms with van der Waals surface area (Å²) < 4.78 is 5.35. The third-order valence-electron chi connectivity index (χ3n) is 3.73. The monoisotopic (exact) mass is 293 g/mol. The van der Waals surface area contributed by atoms with Gasteiger partial charge in [0.25, 0.3) is 5.91 Å². The molecule has 1 saturated heterocycles. The average Bonchev–Trinajstić information content (AvgIpc) is 3.00. The Bertz CT molecular complexity index is 500. The molecule has 7 nitrogen and oxygen atoms in total. The maximum atomic E-state index is 12.4. The Balaban J connectivity index is 2.14. The van der Waals surface area contributed by atoms with Gasteiger partial charge in [0, 0.05) is 24.5 Å². The van der Waals surface area contributed by atoms with Crippen LogP contribution in [0.2, 0.25) is 0 Å². The molecule has 0 radical (unpaired) electrons. The van der Waals surface area contributed by atoms with E-state index in [1.54, 1.807) is 6.20 Å². The molecule has 2 atom stereocenters. The molecular weight excluding hydrogens is 270 g/mol. The van der Waals surface area contributed by atoms with Gasteiger partial charge in [-0.05, 0) is 13.3 Å². The molecule has 116 valence electrons. The van der Waals surface area contributed by atoms with Crippen molar-refractivity contribution in [3.63, 3.8) is 0 Å². The molecule has 2 rings (SSSR count). The number of hydrogen-bond donors (Lipinski definition) is 3. The summed E-state index contributed by atoms with van der Waals surface area (Å²) in [6.07, 6.45) is 2.51. The van der Waals surface area contributed by atoms with E-state index in [1.807, 2.05) is 20.8 Å². The van der Waals surface area contributed by atoms with E-state index in [0.717, 1.165) is 13.0 Å². The summed E-state index contributed by atoms with van der Waals surface area (Å²) in [5, 5.41) is 2.97. The molecule has 0 aromatic carbocycles. The first-order chi connectivity index (χ1) is 10.0. The molecule has 7 heteroatoms. The summed E-state index contributed by atoms with van der Waals surface area (Å²) in [7, 11) is 0. The fraction of sp³-hybridized carbons (Fsp3) is 0.643. The van der Waals surface area contributed by atoms with E-state index in [9.17, 15) is 4.79 Å². The van der Waals surface area contributed by atoms with E-state index in [2.05, 4.69) is 20.7 Å². The lowest BCUT2D eigenvalue weighted by atomic mass is 10.0. The van der Waals surface area contributed by atoms with Gasteiger partial charge >= 0.3 is 0 Å². The van der Waals surface area contributed by atoms with Crippen molar-refractivity contribution in [2.24, 2.45) is 11.8 Å². The summed E-state index contributed by atoms with van der Waals surface area (Å²) in [5.74, 6) is 6.30. The fourth-order valence-electron chi connectivity index (χ4n) is 2.29. The zero-order chi connectivity index (χ0) is 15.4. The predicted octanol–water partition coefficient (Wildman–Crippen LogP) is 1.04. The quantitative estimate of drug-likeness (QED) is 0.554. The number of anilines is 1. The number of nitrogens with zero attached hydrogens (tertiary/aromatic N) is 2. The van der Waals surface area contributed by atoms with Crippen LogP contribution in [0.15, 0.2) is 6.20 Å². The number of amides is 1. The number of hydrazine groups is 1. The Morgan fingerprint density at radius 2 is 2.24 bits per heavy atom. The maximum absolute atomic E-state index is 12.4. The summed E-state index contributed by atoms with van der Waals surface area (Å²) in [6.45, 7) is 7.38. The van der Waals surface area contributed by atoms with E-state index in [-0.39, 0.29) is 23.6 Å². The van der Waals surface area contributed by atoms with E-state index in [4.69, 9.17) is 10.6 Å². The van der Waals surface area contributed by atoms with Crippen molar-refractivity contribution in [2.45, 2.75) is 39.2 Å². The van der Waals surface area contributed by atoms with Gasteiger partial charge in [0.05, 0.1) is 18.5 Å². The molecule has 1 aliphatic rings. The lowest BCUT2D eigenvalue weighted by molar-refractivity contribution is 0.0917. The molecule has 0 aliphatic carbocycles. The van der Waals surface area contributed by atoms with Gasteiger partial charge in [0.15, 0.2) is 5.69 Å². The third-order valence-corrected chi connectivity index (χ3v) is 3.73. The van der Waals surface area contributed by atoms with Gasteiger partial charge in [-0.3, -0.25) is 10.6 Å². The van der Waals surface area contributed by atoms with Gasteiger partial charge in [0.1, 0.15) is 5.82 Å². The SMILES string of the molecule is CC(C)c1ncc(NN)c(C(=O)NC(C)C2CCOC2)n1. The van der Waals surface area contributed by atoms with Gasteiger partial charge in [-0.2, -0.15) is 0 Å². The molecule has 4 N–H and O–H groups in total. The van der Waals surface area contributed by atoms with Crippen LogP contribution in [0, 0.1) is 5.92 Å². The smallest absolute Gasteiger partial charge is 0.272 e. The first kappa shape index (κ1) is 15.7. The molecule has 1 aromatic rings. The molecule has 1 aliphatic heterocycles. The second kappa shape index (κ2) is 6.82. The van der Waals surface area contributed by atoms with Crippen molar-refractivity contribution in [3.8, 4) is 0 Å².